The Morgan fingerprint density at radius 1 is 1.35 bits per heavy atom. The van der Waals surface area contributed by atoms with E-state index in [4.69, 9.17) is 4.42 Å². The number of urea groups is 1. The van der Waals surface area contributed by atoms with Crippen LogP contribution in [0.5, 0.6) is 0 Å². The lowest BCUT2D eigenvalue weighted by Crippen LogP contribution is -2.42. The number of carbonyl (C=O) groups excluding carboxylic acids is 1. The van der Waals surface area contributed by atoms with Gasteiger partial charge < -0.3 is 14.6 Å². The van der Waals surface area contributed by atoms with Crippen LogP contribution in [0.15, 0.2) is 41.0 Å². The molecule has 2 aromatic rings. The largest absolute Gasteiger partial charge is 0.464 e. The lowest BCUT2D eigenvalue weighted by Gasteiger charge is -2.26. The normalized spacial score (nSPS) is 17.1. The van der Waals surface area contributed by atoms with E-state index in [9.17, 15) is 9.18 Å². The maximum atomic E-state index is 14.3. The molecule has 140 valence electrons. The summed E-state index contributed by atoms with van der Waals surface area (Å²) in [6.07, 6.45) is 2.55. The highest BCUT2D eigenvalue weighted by molar-refractivity contribution is 5.74. The molecule has 2 amide bonds. The summed E-state index contributed by atoms with van der Waals surface area (Å²) < 4.78 is 19.6. The monoisotopic (exact) mass is 359 g/mol. The van der Waals surface area contributed by atoms with Crippen LogP contribution in [0.4, 0.5) is 9.18 Å². The highest BCUT2D eigenvalue weighted by atomic mass is 19.1. The summed E-state index contributed by atoms with van der Waals surface area (Å²) in [5, 5.41) is 2.84. The first kappa shape index (κ1) is 18.5. The lowest BCUT2D eigenvalue weighted by molar-refractivity contribution is 0.192. The molecular formula is C20H26FN3O2. The molecule has 0 radical (unpaired) electrons. The maximum Gasteiger partial charge on any atom is 0.317 e. The van der Waals surface area contributed by atoms with Crippen LogP contribution < -0.4 is 5.32 Å². The van der Waals surface area contributed by atoms with Gasteiger partial charge in [0.1, 0.15) is 11.6 Å². The number of furan rings is 1. The van der Waals surface area contributed by atoms with Gasteiger partial charge in [-0.25, -0.2) is 9.18 Å². The van der Waals surface area contributed by atoms with Gasteiger partial charge in [-0.05, 0) is 37.7 Å². The summed E-state index contributed by atoms with van der Waals surface area (Å²) >= 11 is 0. The van der Waals surface area contributed by atoms with E-state index >= 15 is 0 Å². The van der Waals surface area contributed by atoms with Gasteiger partial charge in [0.2, 0.25) is 0 Å². The number of hydrogen-bond donors (Lipinski definition) is 1. The number of likely N-dealkylation sites (tertiary alicyclic amines) is 1. The predicted octanol–water partition coefficient (Wildman–Crippen LogP) is 3.71. The Morgan fingerprint density at radius 3 is 2.81 bits per heavy atom. The van der Waals surface area contributed by atoms with Crippen LogP contribution in [-0.2, 0) is 6.54 Å². The minimum atomic E-state index is -0.346. The molecule has 3 rings (SSSR count). The molecule has 5 nitrogen and oxygen atoms in total. The van der Waals surface area contributed by atoms with Crippen molar-refractivity contribution in [2.24, 2.45) is 0 Å². The van der Waals surface area contributed by atoms with Crippen molar-refractivity contribution >= 4 is 6.03 Å². The highest BCUT2D eigenvalue weighted by Gasteiger charge is 2.29. The van der Waals surface area contributed by atoms with Gasteiger partial charge in [-0.3, -0.25) is 4.90 Å². The van der Waals surface area contributed by atoms with Crippen LogP contribution in [0.25, 0.3) is 11.3 Å². The van der Waals surface area contributed by atoms with Crippen molar-refractivity contribution in [3.8, 4) is 11.3 Å². The van der Waals surface area contributed by atoms with Crippen LogP contribution in [-0.4, -0.2) is 48.1 Å². The molecule has 1 fully saturated rings. The molecule has 2 heterocycles. The van der Waals surface area contributed by atoms with Crippen molar-refractivity contribution in [2.45, 2.75) is 32.9 Å². The fourth-order valence-corrected chi connectivity index (χ4v) is 3.53. The van der Waals surface area contributed by atoms with Crippen molar-refractivity contribution in [3.05, 3.63) is 48.0 Å². The first-order valence-electron chi connectivity index (χ1n) is 9.21. The molecule has 1 aliphatic rings. The second-order valence-corrected chi connectivity index (χ2v) is 6.55. The van der Waals surface area contributed by atoms with E-state index in [1.54, 1.807) is 30.5 Å². The minimum Gasteiger partial charge on any atom is -0.464 e. The number of hydrogen-bond acceptors (Lipinski definition) is 3. The van der Waals surface area contributed by atoms with Gasteiger partial charge >= 0.3 is 6.03 Å². The Bertz CT molecular complexity index is 729. The van der Waals surface area contributed by atoms with Gasteiger partial charge in [-0.1, -0.05) is 26.0 Å². The average Bonchev–Trinajstić information content (AvgIpc) is 3.34. The number of benzene rings is 1. The average molecular weight is 359 g/mol. The SMILES string of the molecule is CCN(CC)C1CCN(C(=O)NCc2ccc(-c3ccco3)cc2F)C1. The number of carbonyl (C=O) groups is 1. The van der Waals surface area contributed by atoms with Gasteiger partial charge in [-0.2, -0.15) is 0 Å². The number of likely N-dealkylation sites (N-methyl/N-ethyl adjacent to an activating group) is 1. The van der Waals surface area contributed by atoms with E-state index in [2.05, 4.69) is 24.1 Å². The summed E-state index contributed by atoms with van der Waals surface area (Å²) in [5.41, 5.74) is 1.15. The van der Waals surface area contributed by atoms with E-state index < -0.39 is 0 Å². The molecule has 0 aliphatic carbocycles. The van der Waals surface area contributed by atoms with Crippen LogP contribution in [0.2, 0.25) is 0 Å². The molecule has 1 aromatic carbocycles. The Balaban J connectivity index is 1.55. The van der Waals surface area contributed by atoms with Gasteiger partial charge in [0.05, 0.1) is 6.26 Å². The third-order valence-corrected chi connectivity index (χ3v) is 5.07. The van der Waals surface area contributed by atoms with E-state index in [1.807, 2.05) is 4.90 Å². The Labute approximate surface area is 153 Å². The molecule has 1 aromatic heterocycles. The maximum absolute atomic E-state index is 14.3. The third-order valence-electron chi connectivity index (χ3n) is 5.07. The number of rotatable bonds is 6. The molecule has 6 heteroatoms. The van der Waals surface area contributed by atoms with Crippen LogP contribution in [0.1, 0.15) is 25.8 Å². The van der Waals surface area contributed by atoms with E-state index in [-0.39, 0.29) is 18.4 Å². The fourth-order valence-electron chi connectivity index (χ4n) is 3.53. The molecule has 0 saturated carbocycles. The van der Waals surface area contributed by atoms with Crippen LogP contribution in [0.3, 0.4) is 0 Å². The van der Waals surface area contributed by atoms with Crippen molar-refractivity contribution < 1.29 is 13.6 Å². The standard InChI is InChI=1S/C20H26FN3O2/c1-3-23(4-2)17-9-10-24(14-17)20(25)22-13-16-8-7-15(12-18(16)21)19-6-5-11-26-19/h5-8,11-12,17H,3-4,9-10,13-14H2,1-2H3,(H,22,25). The van der Waals surface area contributed by atoms with E-state index in [0.717, 1.165) is 32.6 Å². The Kier molecular flexibility index (Phi) is 5.93. The van der Waals surface area contributed by atoms with Crippen LogP contribution in [0, 0.1) is 5.82 Å². The Hall–Kier alpha value is -2.34. The van der Waals surface area contributed by atoms with Crippen molar-refractivity contribution in [1.29, 1.82) is 0 Å². The van der Waals surface area contributed by atoms with E-state index in [1.165, 1.54) is 6.07 Å². The fraction of sp³-hybridized carbons (Fsp3) is 0.450. The minimum absolute atomic E-state index is 0.130. The first-order chi connectivity index (χ1) is 12.6. The topological polar surface area (TPSA) is 48.7 Å². The Morgan fingerprint density at radius 2 is 2.15 bits per heavy atom. The molecule has 1 atom stereocenters. The summed E-state index contributed by atoms with van der Waals surface area (Å²) in [7, 11) is 0. The second kappa shape index (κ2) is 8.36. The number of halogens is 1. The van der Waals surface area contributed by atoms with Gasteiger partial charge in [0.25, 0.3) is 0 Å². The van der Waals surface area contributed by atoms with E-state index in [0.29, 0.717) is 22.9 Å². The first-order valence-corrected chi connectivity index (χ1v) is 9.21. The molecule has 1 aliphatic heterocycles. The molecular weight excluding hydrogens is 333 g/mol. The smallest absolute Gasteiger partial charge is 0.317 e. The van der Waals surface area contributed by atoms with Gasteiger partial charge in [0, 0.05) is 36.8 Å². The summed E-state index contributed by atoms with van der Waals surface area (Å²) in [6, 6.07) is 8.77. The number of nitrogens with one attached hydrogen (secondary N) is 1. The molecule has 0 spiro atoms. The molecule has 1 saturated heterocycles. The van der Waals surface area contributed by atoms with Gasteiger partial charge in [-0.15, -0.1) is 0 Å². The summed E-state index contributed by atoms with van der Waals surface area (Å²) in [5.74, 6) is 0.278. The lowest BCUT2D eigenvalue weighted by atomic mass is 10.1. The quantitative estimate of drug-likeness (QED) is 0.855. The van der Waals surface area contributed by atoms with Crippen molar-refractivity contribution in [2.75, 3.05) is 26.2 Å². The summed E-state index contributed by atoms with van der Waals surface area (Å²) in [4.78, 5) is 16.6. The number of amides is 2. The zero-order chi connectivity index (χ0) is 18.5. The van der Waals surface area contributed by atoms with Crippen molar-refractivity contribution in [3.63, 3.8) is 0 Å². The zero-order valence-electron chi connectivity index (χ0n) is 15.4. The molecule has 26 heavy (non-hydrogen) atoms. The van der Waals surface area contributed by atoms with Crippen molar-refractivity contribution in [1.82, 2.24) is 15.1 Å². The zero-order valence-corrected chi connectivity index (χ0v) is 15.4. The summed E-state index contributed by atoms with van der Waals surface area (Å²) in [6.45, 7) is 7.91. The predicted molar refractivity (Wildman–Crippen MR) is 99.2 cm³/mol. The highest BCUT2D eigenvalue weighted by Crippen LogP contribution is 2.22. The molecule has 1 N–H and O–H groups in total. The number of nitrogens with zero attached hydrogens (tertiary/aromatic N) is 2. The van der Waals surface area contributed by atoms with Gasteiger partial charge in [0.15, 0.2) is 0 Å². The second-order valence-electron chi connectivity index (χ2n) is 6.55. The molecule has 0 bridgehead atoms. The molecule has 1 unspecified atom stereocenters. The third kappa shape index (κ3) is 4.07. The van der Waals surface area contributed by atoms with Crippen LogP contribution >= 0.6 is 0 Å².